The lowest BCUT2D eigenvalue weighted by molar-refractivity contribution is -0.313. The zero-order chi connectivity index (χ0) is 24.1. The zero-order valence-corrected chi connectivity index (χ0v) is 23.6. The molecule has 0 heterocycles. The topological polar surface area (TPSA) is 80.3 Å². The van der Waals surface area contributed by atoms with Gasteiger partial charge in [0.05, 0.1) is 0 Å². The average molecular weight is 477 g/mol. The normalized spacial score (nSPS) is 14.1. The number of carbonyl (C=O) groups is 2. The fraction of sp³-hybridized carbons (Fsp3) is 0.700. The van der Waals surface area contributed by atoms with E-state index in [-0.39, 0.29) is 17.6 Å². The molecule has 0 radical (unpaired) electrons. The van der Waals surface area contributed by atoms with Crippen LogP contribution in [0, 0.1) is 0 Å². The Balaban J connectivity index is 6.32. The fourth-order valence-corrected chi connectivity index (χ4v) is 5.48. The van der Waals surface area contributed by atoms with Gasteiger partial charge in [-0.2, -0.15) is 0 Å². The van der Waals surface area contributed by atoms with Gasteiger partial charge in [-0.1, -0.05) is 13.2 Å². The first-order valence-electron chi connectivity index (χ1n) is 9.98. The van der Waals surface area contributed by atoms with Crippen molar-refractivity contribution in [3.05, 3.63) is 24.3 Å². The molecule has 30 heavy (non-hydrogen) atoms. The summed E-state index contributed by atoms with van der Waals surface area (Å²) in [5.74, 6) is -3.01. The Bertz CT molecular complexity index is 639. The third kappa shape index (κ3) is 12.6. The molecule has 0 N–H and O–H groups in total. The van der Waals surface area contributed by atoms with Gasteiger partial charge in [-0.3, -0.25) is 0 Å². The molecular formula is C20H40O7Si3. The smallest absolute Gasteiger partial charge is 0.337 e. The van der Waals surface area contributed by atoms with Gasteiger partial charge in [-0.15, -0.1) is 0 Å². The lowest BCUT2D eigenvalue weighted by atomic mass is 10.3. The van der Waals surface area contributed by atoms with Crippen molar-refractivity contribution >= 4 is 36.9 Å². The highest BCUT2D eigenvalue weighted by Crippen LogP contribution is 2.33. The van der Waals surface area contributed by atoms with Crippen LogP contribution in [0.2, 0.25) is 58.9 Å². The maximum atomic E-state index is 12.5. The van der Waals surface area contributed by atoms with Gasteiger partial charge in [0, 0.05) is 11.1 Å². The summed E-state index contributed by atoms with van der Waals surface area (Å²) < 4.78 is 30.0. The molecule has 1 atom stereocenters. The number of esters is 2. The molecule has 0 saturated heterocycles. The van der Waals surface area contributed by atoms with Crippen molar-refractivity contribution in [3.63, 3.8) is 0 Å². The number of hydrogen-bond donors (Lipinski definition) is 0. The molecule has 7 nitrogen and oxygen atoms in total. The molecule has 0 amide bonds. The molecule has 0 aliphatic rings. The molecule has 174 valence electrons. The third-order valence-corrected chi connectivity index (χ3v) is 5.83. The van der Waals surface area contributed by atoms with E-state index in [9.17, 15) is 9.59 Å². The summed E-state index contributed by atoms with van der Waals surface area (Å²) in [6.07, 6.45) is -1.16. The van der Waals surface area contributed by atoms with Crippen LogP contribution in [0.3, 0.4) is 0 Å². The van der Waals surface area contributed by atoms with Crippen LogP contribution in [-0.2, 0) is 32.3 Å². The number of carbonyl (C=O) groups excluding carboxylic acids is 2. The molecular weight excluding hydrogens is 436 g/mol. The van der Waals surface area contributed by atoms with E-state index >= 15 is 0 Å². The van der Waals surface area contributed by atoms with Crippen molar-refractivity contribution < 1.29 is 32.3 Å². The fourth-order valence-electron chi connectivity index (χ4n) is 2.27. The monoisotopic (exact) mass is 476 g/mol. The maximum absolute atomic E-state index is 12.5. The Morgan fingerprint density at radius 1 is 0.767 bits per heavy atom. The summed E-state index contributed by atoms with van der Waals surface area (Å²) in [5.41, 5.74) is 0.445. The van der Waals surface area contributed by atoms with Crippen LogP contribution < -0.4 is 0 Å². The Kier molecular flexibility index (Phi) is 10.1. The summed E-state index contributed by atoms with van der Waals surface area (Å²) in [4.78, 5) is 24.8. The van der Waals surface area contributed by atoms with Crippen molar-refractivity contribution in [1.82, 2.24) is 0 Å². The second-order valence-electron chi connectivity index (χ2n) is 10.3. The third-order valence-electron chi connectivity index (χ3n) is 3.01. The van der Waals surface area contributed by atoms with Gasteiger partial charge in [-0.25, -0.2) is 9.59 Å². The maximum Gasteiger partial charge on any atom is 0.337 e. The highest BCUT2D eigenvalue weighted by atomic mass is 28.4. The highest BCUT2D eigenvalue weighted by Gasteiger charge is 2.48. The quantitative estimate of drug-likeness (QED) is 0.167. The van der Waals surface area contributed by atoms with Crippen LogP contribution in [0.5, 0.6) is 0 Å². The number of hydrogen-bond acceptors (Lipinski definition) is 7. The van der Waals surface area contributed by atoms with Gasteiger partial charge in [0.15, 0.2) is 25.0 Å². The molecule has 0 saturated carbocycles. The predicted octanol–water partition coefficient (Wildman–Crippen LogP) is 5.15. The van der Waals surface area contributed by atoms with Crippen molar-refractivity contribution in [1.29, 1.82) is 0 Å². The highest BCUT2D eigenvalue weighted by molar-refractivity contribution is 6.71. The van der Waals surface area contributed by atoms with Crippen molar-refractivity contribution in [3.8, 4) is 0 Å². The molecule has 0 aromatic rings. The summed E-state index contributed by atoms with van der Waals surface area (Å²) in [6.45, 7) is 28.0. The lowest BCUT2D eigenvalue weighted by Gasteiger charge is -2.43. The molecule has 0 bridgehead atoms. The van der Waals surface area contributed by atoms with Gasteiger partial charge in [0.2, 0.25) is 6.29 Å². The standard InChI is InChI=1S/C20H40O7Si3/c1-15(2)18(21)23-17(25-28(5,6)7)14-20(26-29(8,9)10,27-30(11,12)13)24-19(22)16(3)4/h17H,1,3,14H2,2,4-13H3. The molecule has 1 unspecified atom stereocenters. The minimum absolute atomic E-state index is 0.121. The summed E-state index contributed by atoms with van der Waals surface area (Å²) in [7, 11) is -6.74. The van der Waals surface area contributed by atoms with Crippen LogP contribution in [0.15, 0.2) is 24.3 Å². The Hall–Kier alpha value is -1.05. The van der Waals surface area contributed by atoms with Crippen LogP contribution >= 0.6 is 0 Å². The van der Waals surface area contributed by atoms with Crippen molar-refractivity contribution in [2.45, 2.75) is 91.5 Å². The van der Waals surface area contributed by atoms with Crippen molar-refractivity contribution in [2.75, 3.05) is 0 Å². The number of rotatable bonds is 12. The minimum atomic E-state index is -2.29. The molecule has 0 aliphatic heterocycles. The first-order valence-corrected chi connectivity index (χ1v) is 20.2. The van der Waals surface area contributed by atoms with Gasteiger partial charge < -0.3 is 22.8 Å². The van der Waals surface area contributed by atoms with E-state index in [2.05, 4.69) is 13.2 Å². The molecule has 0 fully saturated rings. The lowest BCUT2D eigenvalue weighted by Crippen LogP contribution is -2.55. The first-order chi connectivity index (χ1) is 13.1. The van der Waals surface area contributed by atoms with Gasteiger partial charge >= 0.3 is 17.9 Å². The van der Waals surface area contributed by atoms with E-state index in [0.29, 0.717) is 0 Å². The van der Waals surface area contributed by atoms with Crippen LogP contribution in [0.4, 0.5) is 0 Å². The van der Waals surface area contributed by atoms with E-state index in [0.717, 1.165) is 0 Å². The SMILES string of the molecule is C=C(C)C(=O)OC(CC(OC(=O)C(=C)C)(O[Si](C)(C)C)O[Si](C)(C)C)O[Si](C)(C)C. The summed E-state index contributed by atoms with van der Waals surface area (Å²) >= 11 is 0. The second kappa shape index (κ2) is 10.5. The molecule has 0 aromatic heterocycles. The van der Waals surface area contributed by atoms with Crippen molar-refractivity contribution in [2.24, 2.45) is 0 Å². The van der Waals surface area contributed by atoms with E-state index < -0.39 is 49.2 Å². The van der Waals surface area contributed by atoms with E-state index in [1.807, 2.05) is 58.9 Å². The minimum Gasteiger partial charge on any atom is -0.433 e. The van der Waals surface area contributed by atoms with Crippen LogP contribution in [0.25, 0.3) is 0 Å². The molecule has 0 aromatic carbocycles. The molecule has 0 rings (SSSR count). The van der Waals surface area contributed by atoms with Gasteiger partial charge in [0.1, 0.15) is 6.42 Å². The van der Waals surface area contributed by atoms with Crippen LogP contribution in [-0.4, -0.2) is 49.2 Å². The Labute approximate surface area is 185 Å². The summed E-state index contributed by atoms with van der Waals surface area (Å²) in [6, 6.07) is 0. The zero-order valence-electron chi connectivity index (χ0n) is 20.6. The van der Waals surface area contributed by atoms with Gasteiger partial charge in [-0.05, 0) is 72.8 Å². The largest absolute Gasteiger partial charge is 0.433 e. The molecule has 0 aliphatic carbocycles. The van der Waals surface area contributed by atoms with Crippen LogP contribution in [0.1, 0.15) is 20.3 Å². The van der Waals surface area contributed by atoms with E-state index in [1.165, 1.54) is 0 Å². The Morgan fingerprint density at radius 2 is 1.17 bits per heavy atom. The Morgan fingerprint density at radius 3 is 1.47 bits per heavy atom. The second-order valence-corrected chi connectivity index (χ2v) is 23.6. The predicted molar refractivity (Wildman–Crippen MR) is 126 cm³/mol. The van der Waals surface area contributed by atoms with E-state index in [4.69, 9.17) is 22.8 Å². The summed E-state index contributed by atoms with van der Waals surface area (Å²) in [5, 5.41) is 0. The molecule has 10 heteroatoms. The average Bonchev–Trinajstić information content (AvgIpc) is 2.40. The van der Waals surface area contributed by atoms with Gasteiger partial charge in [0.25, 0.3) is 0 Å². The van der Waals surface area contributed by atoms with E-state index in [1.54, 1.807) is 13.8 Å². The molecule has 0 spiro atoms. The number of ether oxygens (including phenoxy) is 2. The first kappa shape index (κ1) is 29.0.